The minimum atomic E-state index is -0.555. The van der Waals surface area contributed by atoms with Crippen LogP contribution in [0.15, 0.2) is 24.3 Å². The Labute approximate surface area is 148 Å². The van der Waals surface area contributed by atoms with Crippen molar-refractivity contribution >= 4 is 23.5 Å². The Morgan fingerprint density at radius 3 is 2.50 bits per heavy atom. The minimum Gasteiger partial charge on any atom is -0.460 e. The van der Waals surface area contributed by atoms with E-state index in [1.165, 1.54) is 6.42 Å². The van der Waals surface area contributed by atoms with Crippen LogP contribution in [0.4, 0.5) is 0 Å². The van der Waals surface area contributed by atoms with Crippen LogP contribution < -0.4 is 0 Å². The van der Waals surface area contributed by atoms with E-state index in [0.717, 1.165) is 12.8 Å². The van der Waals surface area contributed by atoms with Crippen LogP contribution in [-0.2, 0) is 14.3 Å². The van der Waals surface area contributed by atoms with Crippen LogP contribution in [0.25, 0.3) is 0 Å². The average Bonchev–Trinajstić information content (AvgIpc) is 2.55. The minimum absolute atomic E-state index is 0.0899. The van der Waals surface area contributed by atoms with Crippen molar-refractivity contribution in [2.75, 3.05) is 6.61 Å². The van der Waals surface area contributed by atoms with E-state index in [9.17, 15) is 9.59 Å². The third kappa shape index (κ3) is 5.23. The molecular formula is C19H25ClO4. The molecule has 1 aliphatic carbocycles. The second-order valence-electron chi connectivity index (χ2n) is 6.91. The van der Waals surface area contributed by atoms with Gasteiger partial charge in [-0.15, -0.1) is 0 Å². The van der Waals surface area contributed by atoms with Gasteiger partial charge in [0.05, 0.1) is 5.56 Å². The summed E-state index contributed by atoms with van der Waals surface area (Å²) in [5.41, 5.74) is 0.359. The van der Waals surface area contributed by atoms with Crippen LogP contribution in [0.2, 0.25) is 5.02 Å². The third-order valence-corrected chi connectivity index (χ3v) is 5.04. The van der Waals surface area contributed by atoms with Crippen molar-refractivity contribution in [3.63, 3.8) is 0 Å². The fraction of sp³-hybridized carbons (Fsp3) is 0.579. The maximum atomic E-state index is 12.0. The highest BCUT2D eigenvalue weighted by Crippen LogP contribution is 2.34. The van der Waals surface area contributed by atoms with Gasteiger partial charge >= 0.3 is 11.9 Å². The van der Waals surface area contributed by atoms with Crippen LogP contribution in [0.3, 0.4) is 0 Å². The molecule has 2 rings (SSSR count). The lowest BCUT2D eigenvalue weighted by molar-refractivity contribution is -0.158. The largest absolute Gasteiger partial charge is 0.460 e. The number of esters is 2. The fourth-order valence-electron chi connectivity index (χ4n) is 3.08. The maximum absolute atomic E-state index is 12.0. The molecule has 0 aromatic heterocycles. The van der Waals surface area contributed by atoms with Crippen LogP contribution in [0.1, 0.15) is 50.4 Å². The van der Waals surface area contributed by atoms with E-state index in [-0.39, 0.29) is 12.7 Å². The topological polar surface area (TPSA) is 52.6 Å². The smallest absolute Gasteiger partial charge is 0.344 e. The zero-order valence-corrected chi connectivity index (χ0v) is 15.2. The van der Waals surface area contributed by atoms with Crippen LogP contribution in [0, 0.1) is 17.8 Å². The van der Waals surface area contributed by atoms with Crippen molar-refractivity contribution < 1.29 is 19.1 Å². The van der Waals surface area contributed by atoms with E-state index in [2.05, 4.69) is 20.8 Å². The number of halogens is 1. The molecule has 4 nitrogen and oxygen atoms in total. The van der Waals surface area contributed by atoms with Crippen molar-refractivity contribution in [1.82, 2.24) is 0 Å². The number of ether oxygens (including phenoxy) is 2. The first kappa shape index (κ1) is 18.8. The van der Waals surface area contributed by atoms with Gasteiger partial charge < -0.3 is 9.47 Å². The predicted octanol–water partition coefficient (Wildman–Crippen LogP) is 4.50. The molecule has 0 bridgehead atoms. The molecule has 0 unspecified atom stereocenters. The number of hydrogen-bond donors (Lipinski definition) is 0. The summed E-state index contributed by atoms with van der Waals surface area (Å²) in [5, 5.41) is 0.539. The molecule has 3 atom stereocenters. The molecule has 0 radical (unpaired) electrons. The molecule has 0 aliphatic heterocycles. The van der Waals surface area contributed by atoms with Gasteiger partial charge in [-0.1, -0.05) is 32.4 Å². The molecule has 24 heavy (non-hydrogen) atoms. The Morgan fingerprint density at radius 2 is 1.88 bits per heavy atom. The zero-order chi connectivity index (χ0) is 17.7. The number of hydrogen-bond acceptors (Lipinski definition) is 4. The molecule has 5 heteroatoms. The van der Waals surface area contributed by atoms with Crippen LogP contribution in [0.5, 0.6) is 0 Å². The molecule has 1 aliphatic rings. The third-order valence-electron chi connectivity index (χ3n) is 4.79. The summed E-state index contributed by atoms with van der Waals surface area (Å²) in [4.78, 5) is 23.9. The molecule has 1 aromatic carbocycles. The quantitative estimate of drug-likeness (QED) is 0.732. The van der Waals surface area contributed by atoms with Crippen molar-refractivity contribution in [2.24, 2.45) is 17.8 Å². The molecule has 0 heterocycles. The van der Waals surface area contributed by atoms with Gasteiger partial charge in [-0.25, -0.2) is 9.59 Å². The summed E-state index contributed by atoms with van der Waals surface area (Å²) in [5.74, 6) is 0.465. The highest BCUT2D eigenvalue weighted by molar-refractivity contribution is 6.30. The molecule has 0 amide bonds. The maximum Gasteiger partial charge on any atom is 0.344 e. The highest BCUT2D eigenvalue weighted by Gasteiger charge is 2.32. The second-order valence-corrected chi connectivity index (χ2v) is 7.34. The van der Waals surface area contributed by atoms with Gasteiger partial charge in [0, 0.05) is 5.02 Å². The van der Waals surface area contributed by atoms with Gasteiger partial charge in [-0.05, 0) is 61.3 Å². The van der Waals surface area contributed by atoms with Crippen molar-refractivity contribution in [3.8, 4) is 0 Å². The molecule has 0 N–H and O–H groups in total. The Balaban J connectivity index is 1.81. The first-order valence-corrected chi connectivity index (χ1v) is 8.86. The van der Waals surface area contributed by atoms with E-state index >= 15 is 0 Å². The molecule has 0 spiro atoms. The Morgan fingerprint density at radius 1 is 1.21 bits per heavy atom. The summed E-state index contributed by atoms with van der Waals surface area (Å²) in [7, 11) is 0. The van der Waals surface area contributed by atoms with Gasteiger partial charge in [0.15, 0.2) is 6.61 Å². The Kier molecular flexibility index (Phi) is 6.67. The van der Waals surface area contributed by atoms with Crippen LogP contribution >= 0.6 is 11.6 Å². The van der Waals surface area contributed by atoms with Gasteiger partial charge in [0.1, 0.15) is 6.10 Å². The highest BCUT2D eigenvalue weighted by atomic mass is 35.5. The van der Waals surface area contributed by atoms with E-state index in [1.54, 1.807) is 24.3 Å². The van der Waals surface area contributed by atoms with Crippen molar-refractivity contribution in [2.45, 2.75) is 46.1 Å². The average molecular weight is 353 g/mol. The first-order valence-electron chi connectivity index (χ1n) is 8.49. The predicted molar refractivity (Wildman–Crippen MR) is 93.0 cm³/mol. The van der Waals surface area contributed by atoms with Gasteiger partial charge in [0.2, 0.25) is 0 Å². The van der Waals surface area contributed by atoms with E-state index in [0.29, 0.717) is 28.3 Å². The van der Waals surface area contributed by atoms with E-state index in [4.69, 9.17) is 21.1 Å². The van der Waals surface area contributed by atoms with Crippen molar-refractivity contribution in [3.05, 3.63) is 34.9 Å². The fourth-order valence-corrected chi connectivity index (χ4v) is 3.20. The van der Waals surface area contributed by atoms with E-state index < -0.39 is 11.9 Å². The summed E-state index contributed by atoms with van der Waals surface area (Å²) in [6.07, 6.45) is 3.03. The zero-order valence-electron chi connectivity index (χ0n) is 14.5. The second kappa shape index (κ2) is 8.52. The lowest BCUT2D eigenvalue weighted by Crippen LogP contribution is -2.35. The van der Waals surface area contributed by atoms with Crippen LogP contribution in [-0.4, -0.2) is 24.6 Å². The lowest BCUT2D eigenvalue weighted by atomic mass is 9.76. The summed E-state index contributed by atoms with van der Waals surface area (Å²) in [6, 6.07) is 6.33. The number of rotatable bonds is 5. The molecule has 1 aromatic rings. The molecule has 1 saturated carbocycles. The lowest BCUT2D eigenvalue weighted by Gasteiger charge is -2.35. The summed E-state index contributed by atoms with van der Waals surface area (Å²) < 4.78 is 10.6. The molecule has 132 valence electrons. The van der Waals surface area contributed by atoms with E-state index in [1.807, 2.05) is 0 Å². The molecule has 0 saturated heterocycles. The molecule has 1 fully saturated rings. The summed E-state index contributed by atoms with van der Waals surface area (Å²) in [6.45, 7) is 6.14. The monoisotopic (exact) mass is 352 g/mol. The number of carbonyl (C=O) groups is 2. The van der Waals surface area contributed by atoms with Gasteiger partial charge in [-0.2, -0.15) is 0 Å². The molecular weight excluding hydrogens is 328 g/mol. The van der Waals surface area contributed by atoms with Gasteiger partial charge in [-0.3, -0.25) is 0 Å². The summed E-state index contributed by atoms with van der Waals surface area (Å²) >= 11 is 5.77. The number of benzene rings is 1. The standard InChI is InChI=1S/C19H25ClO4/c1-12(2)15-5-4-13(3)17(10-15)24-18(21)11-23-19(22)14-6-8-16(20)9-7-14/h6-9,12-13,15,17H,4-5,10-11H2,1-3H3/t13-,15+,17+/m1/s1. The Bertz CT molecular complexity index is 567. The SMILES string of the molecule is CC(C)[C@H]1CC[C@@H](C)[C@@H](OC(=O)COC(=O)c2ccc(Cl)cc2)C1. The first-order chi connectivity index (χ1) is 11.4. The number of carbonyl (C=O) groups excluding carboxylic acids is 2. The van der Waals surface area contributed by atoms with Gasteiger partial charge in [0.25, 0.3) is 0 Å². The van der Waals surface area contributed by atoms with Crippen molar-refractivity contribution in [1.29, 1.82) is 0 Å². The Hall–Kier alpha value is -1.55. The normalized spacial score (nSPS) is 23.8.